The topological polar surface area (TPSA) is 105 Å². The zero-order chi connectivity index (χ0) is 14.7. The molecule has 1 heterocycles. The Hall–Kier alpha value is -0.700. The molecule has 0 aromatic carbocycles. The summed E-state index contributed by atoms with van der Waals surface area (Å²) in [6, 6.07) is 0. The summed E-state index contributed by atoms with van der Waals surface area (Å²) in [6.07, 6.45) is 1.77. The summed E-state index contributed by atoms with van der Waals surface area (Å²) in [6.45, 7) is 5.23. The minimum absolute atomic E-state index is 0.0373. The van der Waals surface area contributed by atoms with Gasteiger partial charge in [-0.1, -0.05) is 0 Å². The van der Waals surface area contributed by atoms with Crippen molar-refractivity contribution in [3.8, 4) is 0 Å². The normalized spacial score (nSPS) is 21.5. The molecule has 1 fully saturated rings. The standard InChI is InChI=1S/C11H24N4O3S/c1-11(2,13-3)10(16)15-6-4-5-9(8-15)7-14-19(12,17)18/h9,13-14H,4-8H2,1-3H3,(H2,12,17,18). The van der Waals surface area contributed by atoms with Crippen LogP contribution in [0.15, 0.2) is 0 Å². The number of nitrogens with two attached hydrogens (primary N) is 1. The quantitative estimate of drug-likeness (QED) is 0.605. The van der Waals surface area contributed by atoms with Gasteiger partial charge in [-0.05, 0) is 39.7 Å². The summed E-state index contributed by atoms with van der Waals surface area (Å²) in [5.74, 6) is 0.152. The number of nitrogens with zero attached hydrogens (tertiary/aromatic N) is 1. The van der Waals surface area contributed by atoms with Gasteiger partial charge in [-0.25, -0.2) is 9.86 Å². The molecule has 1 aliphatic rings. The predicted molar refractivity (Wildman–Crippen MR) is 73.6 cm³/mol. The molecule has 1 atom stereocenters. The Morgan fingerprint density at radius 1 is 1.47 bits per heavy atom. The van der Waals surface area contributed by atoms with E-state index < -0.39 is 15.7 Å². The lowest BCUT2D eigenvalue weighted by Crippen LogP contribution is -2.55. The fourth-order valence-electron chi connectivity index (χ4n) is 2.15. The molecule has 0 radical (unpaired) electrons. The molecule has 19 heavy (non-hydrogen) atoms. The average molecular weight is 292 g/mol. The van der Waals surface area contributed by atoms with E-state index in [1.807, 2.05) is 13.8 Å². The van der Waals surface area contributed by atoms with Crippen molar-refractivity contribution in [1.82, 2.24) is 14.9 Å². The number of carbonyl (C=O) groups is 1. The third kappa shape index (κ3) is 5.06. The van der Waals surface area contributed by atoms with Crippen LogP contribution in [0.1, 0.15) is 26.7 Å². The summed E-state index contributed by atoms with van der Waals surface area (Å²) in [7, 11) is -1.91. The summed E-state index contributed by atoms with van der Waals surface area (Å²) in [4.78, 5) is 14.1. The SMILES string of the molecule is CNC(C)(C)C(=O)N1CCCC(CNS(N)(=O)=O)C1. The van der Waals surface area contributed by atoms with Crippen molar-refractivity contribution in [2.75, 3.05) is 26.7 Å². The van der Waals surface area contributed by atoms with Crippen molar-refractivity contribution < 1.29 is 13.2 Å². The molecule has 0 saturated carbocycles. The van der Waals surface area contributed by atoms with Gasteiger partial charge in [0, 0.05) is 19.6 Å². The number of piperidine rings is 1. The number of carbonyl (C=O) groups excluding carboxylic acids is 1. The summed E-state index contributed by atoms with van der Waals surface area (Å²) in [5, 5.41) is 7.90. The lowest BCUT2D eigenvalue weighted by molar-refractivity contribution is -0.138. The largest absolute Gasteiger partial charge is 0.341 e. The Morgan fingerprint density at radius 2 is 2.11 bits per heavy atom. The van der Waals surface area contributed by atoms with Gasteiger partial charge in [0.15, 0.2) is 0 Å². The van der Waals surface area contributed by atoms with Crippen LogP contribution in [-0.4, -0.2) is 51.4 Å². The number of likely N-dealkylation sites (N-methyl/N-ethyl adjacent to an activating group) is 1. The maximum Gasteiger partial charge on any atom is 0.274 e. The highest BCUT2D eigenvalue weighted by Crippen LogP contribution is 2.19. The van der Waals surface area contributed by atoms with Crippen molar-refractivity contribution in [3.63, 3.8) is 0 Å². The molecule has 0 bridgehead atoms. The number of nitrogens with one attached hydrogen (secondary N) is 2. The third-order valence-electron chi connectivity index (χ3n) is 3.54. The molecule has 0 aromatic heterocycles. The summed E-state index contributed by atoms with van der Waals surface area (Å²) >= 11 is 0. The van der Waals surface area contributed by atoms with Crippen molar-refractivity contribution in [2.45, 2.75) is 32.2 Å². The predicted octanol–water partition coefficient (Wildman–Crippen LogP) is -0.984. The fraction of sp³-hybridized carbons (Fsp3) is 0.909. The average Bonchev–Trinajstić information content (AvgIpc) is 2.35. The zero-order valence-corrected chi connectivity index (χ0v) is 12.6. The van der Waals surface area contributed by atoms with Gasteiger partial charge in [0.2, 0.25) is 5.91 Å². The van der Waals surface area contributed by atoms with Gasteiger partial charge in [0.1, 0.15) is 0 Å². The van der Waals surface area contributed by atoms with Crippen LogP contribution in [0.4, 0.5) is 0 Å². The molecule has 112 valence electrons. The lowest BCUT2D eigenvalue weighted by Gasteiger charge is -2.37. The number of amides is 1. The molecule has 1 unspecified atom stereocenters. The number of rotatable bonds is 5. The lowest BCUT2D eigenvalue weighted by atomic mass is 9.95. The fourth-order valence-corrected chi connectivity index (χ4v) is 2.62. The van der Waals surface area contributed by atoms with Gasteiger partial charge in [0.05, 0.1) is 5.54 Å². The Balaban J connectivity index is 2.57. The second kappa shape index (κ2) is 6.17. The van der Waals surface area contributed by atoms with Crippen LogP contribution in [0.5, 0.6) is 0 Å². The maximum absolute atomic E-state index is 12.3. The summed E-state index contributed by atoms with van der Waals surface area (Å²) < 4.78 is 24.0. The molecule has 1 aliphatic heterocycles. The molecule has 4 N–H and O–H groups in total. The monoisotopic (exact) mass is 292 g/mol. The van der Waals surface area contributed by atoms with Crippen LogP contribution in [0.2, 0.25) is 0 Å². The number of hydrogen-bond donors (Lipinski definition) is 3. The van der Waals surface area contributed by atoms with E-state index in [4.69, 9.17) is 5.14 Å². The van der Waals surface area contributed by atoms with E-state index >= 15 is 0 Å². The minimum atomic E-state index is -3.66. The van der Waals surface area contributed by atoms with Crippen molar-refractivity contribution in [1.29, 1.82) is 0 Å². The van der Waals surface area contributed by atoms with Crippen LogP contribution in [0.25, 0.3) is 0 Å². The van der Waals surface area contributed by atoms with Crippen LogP contribution >= 0.6 is 0 Å². The highest BCUT2D eigenvalue weighted by molar-refractivity contribution is 7.87. The van der Waals surface area contributed by atoms with Crippen LogP contribution in [0.3, 0.4) is 0 Å². The Kier molecular flexibility index (Phi) is 5.31. The number of hydrogen-bond acceptors (Lipinski definition) is 4. The van der Waals surface area contributed by atoms with Gasteiger partial charge in [-0.3, -0.25) is 4.79 Å². The van der Waals surface area contributed by atoms with E-state index in [1.165, 1.54) is 0 Å². The Labute approximate surface area is 115 Å². The molecule has 0 aliphatic carbocycles. The molecule has 7 nitrogen and oxygen atoms in total. The van der Waals surface area contributed by atoms with Gasteiger partial charge in [-0.15, -0.1) is 0 Å². The summed E-state index contributed by atoms with van der Waals surface area (Å²) in [5.41, 5.74) is -0.602. The first-order chi connectivity index (χ1) is 8.65. The molecule has 0 aromatic rings. The molecule has 1 saturated heterocycles. The first kappa shape index (κ1) is 16.4. The van der Waals surface area contributed by atoms with Crippen LogP contribution in [-0.2, 0) is 15.0 Å². The van der Waals surface area contributed by atoms with E-state index in [-0.39, 0.29) is 18.4 Å². The molecule has 0 spiro atoms. The first-order valence-corrected chi connectivity index (χ1v) is 7.96. The van der Waals surface area contributed by atoms with Crippen molar-refractivity contribution in [2.24, 2.45) is 11.1 Å². The minimum Gasteiger partial charge on any atom is -0.341 e. The van der Waals surface area contributed by atoms with Gasteiger partial charge in [-0.2, -0.15) is 8.42 Å². The molecular formula is C11H24N4O3S. The second-order valence-corrected chi connectivity index (χ2v) is 6.91. The highest BCUT2D eigenvalue weighted by atomic mass is 32.2. The van der Waals surface area contributed by atoms with Crippen molar-refractivity contribution >= 4 is 16.1 Å². The molecular weight excluding hydrogens is 268 g/mol. The third-order valence-corrected chi connectivity index (χ3v) is 4.11. The van der Waals surface area contributed by atoms with E-state index in [1.54, 1.807) is 11.9 Å². The van der Waals surface area contributed by atoms with E-state index in [9.17, 15) is 13.2 Å². The zero-order valence-electron chi connectivity index (χ0n) is 11.8. The highest BCUT2D eigenvalue weighted by Gasteiger charge is 2.33. The second-order valence-electron chi connectivity index (χ2n) is 5.53. The maximum atomic E-state index is 12.3. The van der Waals surface area contributed by atoms with Gasteiger partial charge in [0.25, 0.3) is 10.2 Å². The molecule has 1 amide bonds. The van der Waals surface area contributed by atoms with Crippen molar-refractivity contribution in [3.05, 3.63) is 0 Å². The van der Waals surface area contributed by atoms with E-state index in [0.717, 1.165) is 19.4 Å². The molecule has 1 rings (SSSR count). The Morgan fingerprint density at radius 3 is 2.63 bits per heavy atom. The smallest absolute Gasteiger partial charge is 0.274 e. The van der Waals surface area contributed by atoms with Gasteiger partial charge >= 0.3 is 0 Å². The van der Waals surface area contributed by atoms with Crippen LogP contribution in [0, 0.1) is 5.92 Å². The Bertz CT molecular complexity index is 422. The van der Waals surface area contributed by atoms with Crippen LogP contribution < -0.4 is 15.2 Å². The number of likely N-dealkylation sites (tertiary alicyclic amines) is 1. The van der Waals surface area contributed by atoms with E-state index in [2.05, 4.69) is 10.0 Å². The van der Waals surface area contributed by atoms with Gasteiger partial charge < -0.3 is 10.2 Å². The van der Waals surface area contributed by atoms with E-state index in [0.29, 0.717) is 6.54 Å². The first-order valence-electron chi connectivity index (χ1n) is 6.41. The molecule has 8 heteroatoms.